The summed E-state index contributed by atoms with van der Waals surface area (Å²) in [5, 5.41) is 0. The van der Waals surface area contributed by atoms with Crippen molar-refractivity contribution in [2.75, 3.05) is 0 Å². The maximum Gasteiger partial charge on any atom is 0.0760 e. The topological polar surface area (TPSA) is 0 Å². The van der Waals surface area contributed by atoms with Crippen molar-refractivity contribution in [2.45, 2.75) is 36.9 Å². The highest BCUT2D eigenvalue weighted by Crippen LogP contribution is 2.44. The number of hydrogen-bond donors (Lipinski definition) is 0. The molecule has 3 aromatic carbocycles. The molecule has 3 aromatic rings. The summed E-state index contributed by atoms with van der Waals surface area (Å²) in [6, 6.07) is 26.3. The maximum atomic E-state index is 2.29. The van der Waals surface area contributed by atoms with Gasteiger partial charge in [-0.2, -0.15) is 0 Å². The first kappa shape index (κ1) is 19.1. The van der Waals surface area contributed by atoms with Gasteiger partial charge in [0.05, 0.1) is 4.58 Å². The molecule has 0 saturated carbocycles. The van der Waals surface area contributed by atoms with Gasteiger partial charge in [0.15, 0.2) is 0 Å². The molecule has 0 N–H and O–H groups in total. The lowest BCUT2D eigenvalue weighted by molar-refractivity contribution is 1.24. The fraction of sp³-hybridized carbons (Fsp3) is 0.250. The standard InChI is InChI=1S/C24H26S2/c1-18-10-4-7-13-21(18)16-25-24(23-15-9-6-12-20(23)3)26-17-22-14-8-5-11-19(22)2/h4-15,24H,16-17H2,1-3H3. The van der Waals surface area contributed by atoms with Gasteiger partial charge in [0.1, 0.15) is 0 Å². The van der Waals surface area contributed by atoms with E-state index in [-0.39, 0.29) is 0 Å². The Morgan fingerprint density at radius 3 is 1.46 bits per heavy atom. The third-order valence-electron chi connectivity index (χ3n) is 4.75. The molecule has 0 aliphatic carbocycles. The first-order chi connectivity index (χ1) is 12.6. The third-order valence-corrected chi connectivity index (χ3v) is 7.63. The van der Waals surface area contributed by atoms with Crippen molar-refractivity contribution in [1.29, 1.82) is 0 Å². The number of rotatable bonds is 7. The van der Waals surface area contributed by atoms with Crippen LogP contribution in [0.3, 0.4) is 0 Å². The molecular formula is C24H26S2. The van der Waals surface area contributed by atoms with Crippen LogP contribution in [0.4, 0.5) is 0 Å². The largest absolute Gasteiger partial charge is 0.138 e. The second-order valence-electron chi connectivity index (χ2n) is 6.66. The van der Waals surface area contributed by atoms with Crippen molar-refractivity contribution in [3.8, 4) is 0 Å². The Kier molecular flexibility index (Phi) is 6.87. The van der Waals surface area contributed by atoms with Crippen molar-refractivity contribution in [3.05, 3.63) is 106 Å². The van der Waals surface area contributed by atoms with Gasteiger partial charge >= 0.3 is 0 Å². The summed E-state index contributed by atoms with van der Waals surface area (Å²) in [6.07, 6.45) is 0. The zero-order chi connectivity index (χ0) is 18.4. The van der Waals surface area contributed by atoms with E-state index in [1.54, 1.807) is 0 Å². The van der Waals surface area contributed by atoms with E-state index in [0.29, 0.717) is 4.58 Å². The average Bonchev–Trinajstić information content (AvgIpc) is 2.65. The molecule has 0 radical (unpaired) electrons. The molecule has 0 unspecified atom stereocenters. The highest BCUT2D eigenvalue weighted by Gasteiger charge is 2.16. The lowest BCUT2D eigenvalue weighted by atomic mass is 10.1. The number of thioether (sulfide) groups is 2. The van der Waals surface area contributed by atoms with Crippen LogP contribution < -0.4 is 0 Å². The van der Waals surface area contributed by atoms with Gasteiger partial charge in [-0.25, -0.2) is 0 Å². The fourth-order valence-corrected chi connectivity index (χ4v) is 5.94. The number of hydrogen-bond acceptors (Lipinski definition) is 2. The highest BCUT2D eigenvalue weighted by atomic mass is 32.2. The Bertz CT molecular complexity index is 805. The predicted molar refractivity (Wildman–Crippen MR) is 119 cm³/mol. The summed E-state index contributed by atoms with van der Waals surface area (Å²) >= 11 is 4.09. The maximum absolute atomic E-state index is 2.29. The van der Waals surface area contributed by atoms with Crippen LogP contribution >= 0.6 is 23.5 Å². The highest BCUT2D eigenvalue weighted by molar-refractivity contribution is 8.15. The molecule has 0 amide bonds. The zero-order valence-corrected chi connectivity index (χ0v) is 17.4. The van der Waals surface area contributed by atoms with Crippen LogP contribution in [0.25, 0.3) is 0 Å². The monoisotopic (exact) mass is 378 g/mol. The summed E-state index contributed by atoms with van der Waals surface area (Å²) in [4.78, 5) is 0. The Morgan fingerprint density at radius 2 is 1.00 bits per heavy atom. The van der Waals surface area contributed by atoms with E-state index in [9.17, 15) is 0 Å². The normalized spacial score (nSPS) is 11.1. The quantitative estimate of drug-likeness (QED) is 0.391. The minimum absolute atomic E-state index is 0.440. The molecule has 0 aliphatic heterocycles. The van der Waals surface area contributed by atoms with Gasteiger partial charge in [0.25, 0.3) is 0 Å². The molecule has 26 heavy (non-hydrogen) atoms. The summed E-state index contributed by atoms with van der Waals surface area (Å²) in [5.74, 6) is 2.10. The minimum Gasteiger partial charge on any atom is -0.138 e. The first-order valence-corrected chi connectivity index (χ1v) is 11.1. The SMILES string of the molecule is Cc1ccccc1CSC(SCc1ccccc1C)c1ccccc1C. The van der Waals surface area contributed by atoms with Gasteiger partial charge in [-0.05, 0) is 54.2 Å². The Balaban J connectivity index is 1.77. The second kappa shape index (κ2) is 9.34. The van der Waals surface area contributed by atoms with Gasteiger partial charge in [-0.15, -0.1) is 23.5 Å². The van der Waals surface area contributed by atoms with Crippen LogP contribution in [-0.2, 0) is 11.5 Å². The van der Waals surface area contributed by atoms with Gasteiger partial charge < -0.3 is 0 Å². The summed E-state index contributed by atoms with van der Waals surface area (Å²) in [6.45, 7) is 6.64. The fourth-order valence-electron chi connectivity index (χ4n) is 2.95. The Morgan fingerprint density at radius 1 is 0.577 bits per heavy atom. The average molecular weight is 379 g/mol. The van der Waals surface area contributed by atoms with E-state index < -0.39 is 0 Å². The Hall–Kier alpha value is -1.64. The molecule has 3 rings (SSSR count). The van der Waals surface area contributed by atoms with Crippen LogP contribution in [0.1, 0.15) is 38.0 Å². The number of aryl methyl sites for hydroxylation is 3. The van der Waals surface area contributed by atoms with Crippen LogP contribution in [0, 0.1) is 20.8 Å². The van der Waals surface area contributed by atoms with Crippen molar-refractivity contribution in [3.63, 3.8) is 0 Å². The van der Waals surface area contributed by atoms with Crippen molar-refractivity contribution in [2.24, 2.45) is 0 Å². The number of benzene rings is 3. The van der Waals surface area contributed by atoms with Gasteiger partial charge in [-0.3, -0.25) is 0 Å². The predicted octanol–water partition coefficient (Wildman–Crippen LogP) is 7.48. The smallest absolute Gasteiger partial charge is 0.0760 e. The van der Waals surface area contributed by atoms with E-state index in [1.807, 2.05) is 23.5 Å². The van der Waals surface area contributed by atoms with Crippen molar-refractivity contribution >= 4 is 23.5 Å². The van der Waals surface area contributed by atoms with Crippen LogP contribution in [0.15, 0.2) is 72.8 Å². The van der Waals surface area contributed by atoms with E-state index in [2.05, 4.69) is 93.6 Å². The zero-order valence-electron chi connectivity index (χ0n) is 15.7. The van der Waals surface area contributed by atoms with Gasteiger partial charge in [0.2, 0.25) is 0 Å². The van der Waals surface area contributed by atoms with E-state index in [1.165, 1.54) is 33.4 Å². The van der Waals surface area contributed by atoms with Crippen molar-refractivity contribution < 1.29 is 0 Å². The summed E-state index contributed by atoms with van der Waals surface area (Å²) in [7, 11) is 0. The Labute approximate surface area is 166 Å². The molecule has 0 aromatic heterocycles. The van der Waals surface area contributed by atoms with Gasteiger partial charge in [-0.1, -0.05) is 72.8 Å². The van der Waals surface area contributed by atoms with Crippen LogP contribution in [-0.4, -0.2) is 0 Å². The molecule has 0 saturated heterocycles. The van der Waals surface area contributed by atoms with Crippen LogP contribution in [0.5, 0.6) is 0 Å². The summed E-state index contributed by atoms with van der Waals surface area (Å²) in [5.41, 5.74) is 8.47. The lowest BCUT2D eigenvalue weighted by Gasteiger charge is -2.20. The molecule has 0 heterocycles. The van der Waals surface area contributed by atoms with E-state index in [0.717, 1.165) is 11.5 Å². The third kappa shape index (κ3) is 4.96. The minimum atomic E-state index is 0.440. The van der Waals surface area contributed by atoms with Crippen molar-refractivity contribution in [1.82, 2.24) is 0 Å². The molecule has 2 heteroatoms. The molecule has 0 nitrogen and oxygen atoms in total. The molecule has 134 valence electrons. The molecule has 0 fully saturated rings. The molecule has 0 spiro atoms. The molecule has 0 aliphatic rings. The van der Waals surface area contributed by atoms with E-state index >= 15 is 0 Å². The van der Waals surface area contributed by atoms with Crippen LogP contribution in [0.2, 0.25) is 0 Å². The van der Waals surface area contributed by atoms with Gasteiger partial charge in [0, 0.05) is 11.5 Å². The van der Waals surface area contributed by atoms with E-state index in [4.69, 9.17) is 0 Å². The molecule has 0 atom stereocenters. The summed E-state index contributed by atoms with van der Waals surface area (Å²) < 4.78 is 0.440. The molecular weight excluding hydrogens is 352 g/mol. The molecule has 0 bridgehead atoms. The lowest BCUT2D eigenvalue weighted by Crippen LogP contribution is -1.97. The first-order valence-electron chi connectivity index (χ1n) is 9.03. The second-order valence-corrected chi connectivity index (χ2v) is 9.15.